The van der Waals surface area contributed by atoms with Crippen molar-refractivity contribution in [3.63, 3.8) is 0 Å². The molecule has 1 aromatic heterocycles. The fourth-order valence-electron chi connectivity index (χ4n) is 3.10. The van der Waals surface area contributed by atoms with Gasteiger partial charge in [0.25, 0.3) is 0 Å². The van der Waals surface area contributed by atoms with Crippen LogP contribution in [0.15, 0.2) is 71.2 Å². The Balaban J connectivity index is 1.36. The van der Waals surface area contributed by atoms with E-state index in [4.69, 9.17) is 18.6 Å². The number of carbonyl (C=O) groups is 1. The molecule has 4 aromatic rings. The Kier molecular flexibility index (Phi) is 3.57. The van der Waals surface area contributed by atoms with Crippen molar-refractivity contribution in [3.05, 3.63) is 72.3 Å². The molecule has 0 atom stereocenters. The highest BCUT2D eigenvalue weighted by molar-refractivity contribution is 6.05. The van der Waals surface area contributed by atoms with Crippen LogP contribution < -0.4 is 14.2 Å². The van der Waals surface area contributed by atoms with Crippen LogP contribution >= 0.6 is 0 Å². The van der Waals surface area contributed by atoms with E-state index in [1.54, 1.807) is 18.2 Å². The van der Waals surface area contributed by atoms with Gasteiger partial charge in [0.05, 0.1) is 0 Å². The second-order valence-corrected chi connectivity index (χ2v) is 6.12. The molecule has 2 heterocycles. The van der Waals surface area contributed by atoms with E-state index in [0.717, 1.165) is 27.5 Å². The number of para-hydroxylation sites is 1. The molecule has 132 valence electrons. The van der Waals surface area contributed by atoms with E-state index in [1.807, 2.05) is 48.5 Å². The van der Waals surface area contributed by atoms with Gasteiger partial charge in [-0.25, -0.2) is 4.79 Å². The lowest BCUT2D eigenvalue weighted by molar-refractivity contribution is -0.128. The van der Waals surface area contributed by atoms with Gasteiger partial charge in [0.2, 0.25) is 6.79 Å². The first-order valence-electron chi connectivity index (χ1n) is 8.47. The summed E-state index contributed by atoms with van der Waals surface area (Å²) in [5.41, 5.74) is 2.39. The highest BCUT2D eigenvalue weighted by Gasteiger charge is 2.13. The van der Waals surface area contributed by atoms with Gasteiger partial charge in [-0.2, -0.15) is 0 Å². The molecule has 5 heteroatoms. The summed E-state index contributed by atoms with van der Waals surface area (Å²) in [5, 5.41) is 1.90. The van der Waals surface area contributed by atoms with E-state index in [9.17, 15) is 4.79 Å². The third kappa shape index (κ3) is 2.89. The predicted octanol–water partition coefficient (Wildman–Crippen LogP) is 4.93. The number of hydrogen-bond acceptors (Lipinski definition) is 5. The van der Waals surface area contributed by atoms with Crippen molar-refractivity contribution < 1.29 is 23.4 Å². The number of hydrogen-bond donors (Lipinski definition) is 0. The summed E-state index contributed by atoms with van der Waals surface area (Å²) in [5.74, 6) is 1.38. The topological polar surface area (TPSA) is 57.9 Å². The number of benzene rings is 3. The molecule has 0 aliphatic carbocycles. The molecule has 0 unspecified atom stereocenters. The number of furan rings is 1. The maximum absolute atomic E-state index is 12.2. The molecule has 0 radical (unpaired) electrons. The number of rotatable bonds is 3. The third-order valence-corrected chi connectivity index (χ3v) is 4.38. The molecule has 27 heavy (non-hydrogen) atoms. The van der Waals surface area contributed by atoms with Crippen LogP contribution in [0.1, 0.15) is 5.56 Å². The van der Waals surface area contributed by atoms with Crippen LogP contribution in [0.5, 0.6) is 17.2 Å². The van der Waals surface area contributed by atoms with Crippen LogP contribution in [0.4, 0.5) is 0 Å². The first kappa shape index (κ1) is 15.5. The molecule has 5 nitrogen and oxygen atoms in total. The van der Waals surface area contributed by atoms with Gasteiger partial charge in [-0.15, -0.1) is 0 Å². The van der Waals surface area contributed by atoms with Gasteiger partial charge in [-0.3, -0.25) is 0 Å². The zero-order valence-electron chi connectivity index (χ0n) is 14.2. The minimum atomic E-state index is -0.459. The first-order valence-corrected chi connectivity index (χ1v) is 8.47. The summed E-state index contributed by atoms with van der Waals surface area (Å²) in [6.45, 7) is 0.218. The van der Waals surface area contributed by atoms with E-state index < -0.39 is 5.97 Å². The van der Waals surface area contributed by atoms with E-state index in [2.05, 4.69) is 0 Å². The minimum absolute atomic E-state index is 0.218. The van der Waals surface area contributed by atoms with Crippen molar-refractivity contribution >= 4 is 34.0 Å². The Labute approximate surface area is 154 Å². The molecule has 0 spiro atoms. The first-order chi connectivity index (χ1) is 13.3. The zero-order chi connectivity index (χ0) is 18.2. The normalized spacial score (nSPS) is 12.9. The quantitative estimate of drug-likeness (QED) is 0.295. The fraction of sp³-hybridized carbons (Fsp3) is 0.0455. The lowest BCUT2D eigenvalue weighted by atomic mass is 10.1. The molecule has 1 aliphatic heterocycles. The van der Waals surface area contributed by atoms with Gasteiger partial charge in [0.1, 0.15) is 16.9 Å². The average Bonchev–Trinajstić information content (AvgIpc) is 3.30. The summed E-state index contributed by atoms with van der Waals surface area (Å²) < 4.78 is 21.8. The standard InChI is InChI=1S/C22H14O5/c23-22(10-6-14-5-8-20-21(11-14)25-13-24-20)26-15-7-9-19-17(12-15)16-3-1-2-4-18(16)27-19/h1-12H,13H2/b10-6+. The molecule has 0 N–H and O–H groups in total. The monoisotopic (exact) mass is 358 g/mol. The number of esters is 1. The fourth-order valence-corrected chi connectivity index (χ4v) is 3.10. The van der Waals surface area contributed by atoms with Crippen LogP contribution in [0, 0.1) is 0 Å². The van der Waals surface area contributed by atoms with Gasteiger partial charge in [0.15, 0.2) is 11.5 Å². The maximum Gasteiger partial charge on any atom is 0.336 e. The van der Waals surface area contributed by atoms with Gasteiger partial charge in [-0.1, -0.05) is 24.3 Å². The Morgan fingerprint density at radius 2 is 1.74 bits per heavy atom. The summed E-state index contributed by atoms with van der Waals surface area (Å²) >= 11 is 0. The smallest absolute Gasteiger partial charge is 0.336 e. The largest absolute Gasteiger partial charge is 0.456 e. The van der Waals surface area contributed by atoms with Crippen LogP contribution in [-0.4, -0.2) is 12.8 Å². The van der Waals surface area contributed by atoms with Crippen molar-refractivity contribution in [2.75, 3.05) is 6.79 Å². The van der Waals surface area contributed by atoms with Crippen LogP contribution in [-0.2, 0) is 4.79 Å². The predicted molar refractivity (Wildman–Crippen MR) is 101 cm³/mol. The van der Waals surface area contributed by atoms with Crippen molar-refractivity contribution in [3.8, 4) is 17.2 Å². The SMILES string of the molecule is O=C(/C=C/c1ccc2c(c1)OCO2)Oc1ccc2oc3ccccc3c2c1. The van der Waals surface area contributed by atoms with E-state index >= 15 is 0 Å². The Morgan fingerprint density at radius 3 is 2.70 bits per heavy atom. The van der Waals surface area contributed by atoms with Crippen molar-refractivity contribution in [2.24, 2.45) is 0 Å². The second kappa shape index (κ2) is 6.21. The summed E-state index contributed by atoms with van der Waals surface area (Å²) in [6.07, 6.45) is 3.06. The summed E-state index contributed by atoms with van der Waals surface area (Å²) in [4.78, 5) is 12.2. The molecule has 5 rings (SSSR count). The van der Waals surface area contributed by atoms with Crippen LogP contribution in [0.25, 0.3) is 28.0 Å². The van der Waals surface area contributed by atoms with E-state index in [1.165, 1.54) is 6.08 Å². The van der Waals surface area contributed by atoms with Gasteiger partial charge < -0.3 is 18.6 Å². The summed E-state index contributed by atoms with van der Waals surface area (Å²) in [7, 11) is 0. The Bertz CT molecular complexity index is 1200. The van der Waals surface area contributed by atoms with Gasteiger partial charge >= 0.3 is 5.97 Å². The lowest BCUT2D eigenvalue weighted by Gasteiger charge is -2.01. The highest BCUT2D eigenvalue weighted by atomic mass is 16.7. The molecule has 0 amide bonds. The second-order valence-electron chi connectivity index (χ2n) is 6.12. The maximum atomic E-state index is 12.2. The third-order valence-electron chi connectivity index (χ3n) is 4.38. The van der Waals surface area contributed by atoms with E-state index in [0.29, 0.717) is 17.2 Å². The minimum Gasteiger partial charge on any atom is -0.456 e. The van der Waals surface area contributed by atoms with Crippen molar-refractivity contribution in [1.29, 1.82) is 0 Å². The Morgan fingerprint density at radius 1 is 0.889 bits per heavy atom. The molecule has 0 bridgehead atoms. The molecule has 0 fully saturated rings. The average molecular weight is 358 g/mol. The summed E-state index contributed by atoms with van der Waals surface area (Å²) in [6, 6.07) is 18.6. The highest BCUT2D eigenvalue weighted by Crippen LogP contribution is 2.33. The molecule has 0 saturated heterocycles. The molecule has 3 aromatic carbocycles. The number of fused-ring (bicyclic) bond motifs is 4. The molecule has 1 aliphatic rings. The lowest BCUT2D eigenvalue weighted by Crippen LogP contribution is -2.03. The number of ether oxygens (including phenoxy) is 3. The van der Waals surface area contributed by atoms with Crippen molar-refractivity contribution in [2.45, 2.75) is 0 Å². The molecule has 0 saturated carbocycles. The zero-order valence-corrected chi connectivity index (χ0v) is 14.2. The van der Waals surface area contributed by atoms with Gasteiger partial charge in [0, 0.05) is 16.8 Å². The van der Waals surface area contributed by atoms with Crippen LogP contribution in [0.2, 0.25) is 0 Å². The molecular weight excluding hydrogens is 344 g/mol. The van der Waals surface area contributed by atoms with E-state index in [-0.39, 0.29) is 6.79 Å². The Hall–Kier alpha value is -3.73. The van der Waals surface area contributed by atoms with Gasteiger partial charge in [-0.05, 0) is 48.0 Å². The number of carbonyl (C=O) groups excluding carboxylic acids is 1. The molecular formula is C22H14O5. The van der Waals surface area contributed by atoms with Crippen molar-refractivity contribution in [1.82, 2.24) is 0 Å². The van der Waals surface area contributed by atoms with Crippen LogP contribution in [0.3, 0.4) is 0 Å².